The van der Waals surface area contributed by atoms with Crippen LogP contribution in [0.2, 0.25) is 0 Å². The first-order valence-electron chi connectivity index (χ1n) is 9.31. The lowest BCUT2D eigenvalue weighted by molar-refractivity contribution is -0.137. The molecule has 2 aromatic carbocycles. The molecule has 2 aromatic rings. The number of benzene rings is 2. The van der Waals surface area contributed by atoms with Gasteiger partial charge in [0.05, 0.1) is 18.7 Å². The molecule has 0 saturated heterocycles. The van der Waals surface area contributed by atoms with Gasteiger partial charge in [-0.3, -0.25) is 14.4 Å². The molecule has 0 saturated carbocycles. The van der Waals surface area contributed by atoms with E-state index in [1.54, 1.807) is 4.90 Å². The molecule has 0 unspecified atom stereocenters. The van der Waals surface area contributed by atoms with Crippen LogP contribution in [-0.4, -0.2) is 42.3 Å². The van der Waals surface area contributed by atoms with Crippen LogP contribution in [0.3, 0.4) is 0 Å². The standard InChI is InChI=1S/C21H20F3N3O3/c22-21(23,24)17-7-5-15(6-8-17)20(30)26-11-18(28)25-12-19(29)27-10-9-14-3-1-2-4-16(14)13-27/h1-8H,9-13H2,(H,25,28)(H,26,30). The van der Waals surface area contributed by atoms with Crippen molar-refractivity contribution < 1.29 is 27.6 Å². The first-order valence-corrected chi connectivity index (χ1v) is 9.31. The maximum Gasteiger partial charge on any atom is 0.416 e. The number of alkyl halides is 3. The highest BCUT2D eigenvalue weighted by Crippen LogP contribution is 2.29. The number of nitrogens with one attached hydrogen (secondary N) is 2. The molecule has 3 rings (SSSR count). The van der Waals surface area contributed by atoms with Crippen LogP contribution in [0.5, 0.6) is 0 Å². The van der Waals surface area contributed by atoms with E-state index in [2.05, 4.69) is 10.6 Å². The van der Waals surface area contributed by atoms with Crippen molar-refractivity contribution in [2.75, 3.05) is 19.6 Å². The molecule has 0 aliphatic carbocycles. The molecular formula is C21H20F3N3O3. The Hall–Kier alpha value is -3.36. The van der Waals surface area contributed by atoms with E-state index in [4.69, 9.17) is 0 Å². The summed E-state index contributed by atoms with van der Waals surface area (Å²) in [6.45, 7) is 0.457. The number of hydrogen-bond donors (Lipinski definition) is 2. The van der Waals surface area contributed by atoms with Crippen LogP contribution in [0.25, 0.3) is 0 Å². The number of hydrogen-bond acceptors (Lipinski definition) is 3. The van der Waals surface area contributed by atoms with Crippen LogP contribution in [0.4, 0.5) is 13.2 Å². The summed E-state index contributed by atoms with van der Waals surface area (Å²) in [4.78, 5) is 37.8. The molecule has 9 heteroatoms. The molecular weight excluding hydrogens is 399 g/mol. The quantitative estimate of drug-likeness (QED) is 0.780. The van der Waals surface area contributed by atoms with Gasteiger partial charge in [0, 0.05) is 18.7 Å². The number of rotatable bonds is 5. The van der Waals surface area contributed by atoms with E-state index in [1.807, 2.05) is 24.3 Å². The average molecular weight is 419 g/mol. The maximum atomic E-state index is 12.5. The second-order valence-electron chi connectivity index (χ2n) is 6.87. The van der Waals surface area contributed by atoms with Gasteiger partial charge in [0.1, 0.15) is 0 Å². The lowest BCUT2D eigenvalue weighted by Gasteiger charge is -2.29. The van der Waals surface area contributed by atoms with Crippen LogP contribution in [-0.2, 0) is 28.7 Å². The third-order valence-corrected chi connectivity index (χ3v) is 4.80. The average Bonchev–Trinajstić information content (AvgIpc) is 2.74. The number of fused-ring (bicyclic) bond motifs is 1. The minimum Gasteiger partial charge on any atom is -0.345 e. The van der Waals surface area contributed by atoms with E-state index in [-0.39, 0.29) is 18.0 Å². The van der Waals surface area contributed by atoms with Gasteiger partial charge in [0.2, 0.25) is 11.8 Å². The molecule has 2 N–H and O–H groups in total. The topological polar surface area (TPSA) is 78.5 Å². The van der Waals surface area contributed by atoms with Gasteiger partial charge in [0.15, 0.2) is 0 Å². The van der Waals surface area contributed by atoms with E-state index >= 15 is 0 Å². The Morgan fingerprint density at radius 3 is 2.23 bits per heavy atom. The molecule has 0 atom stereocenters. The Bertz CT molecular complexity index is 943. The normalized spacial score (nSPS) is 13.4. The van der Waals surface area contributed by atoms with Crippen molar-refractivity contribution in [3.8, 4) is 0 Å². The molecule has 158 valence electrons. The zero-order chi connectivity index (χ0) is 21.7. The summed E-state index contributed by atoms with van der Waals surface area (Å²) in [5.41, 5.74) is 1.42. The number of halogens is 3. The molecule has 6 nitrogen and oxygen atoms in total. The highest BCUT2D eigenvalue weighted by Gasteiger charge is 2.30. The van der Waals surface area contributed by atoms with E-state index < -0.39 is 30.1 Å². The minimum atomic E-state index is -4.49. The third-order valence-electron chi connectivity index (χ3n) is 4.80. The number of nitrogens with zero attached hydrogens (tertiary/aromatic N) is 1. The Balaban J connectivity index is 1.42. The van der Waals surface area contributed by atoms with Crippen molar-refractivity contribution in [3.05, 3.63) is 70.8 Å². The molecule has 0 spiro atoms. The fourth-order valence-electron chi connectivity index (χ4n) is 3.13. The summed E-state index contributed by atoms with van der Waals surface area (Å²) < 4.78 is 37.6. The maximum absolute atomic E-state index is 12.5. The van der Waals surface area contributed by atoms with E-state index in [9.17, 15) is 27.6 Å². The van der Waals surface area contributed by atoms with Gasteiger partial charge in [-0.05, 0) is 41.8 Å². The summed E-state index contributed by atoms with van der Waals surface area (Å²) in [5.74, 6) is -1.48. The molecule has 0 radical (unpaired) electrons. The molecule has 0 fully saturated rings. The highest BCUT2D eigenvalue weighted by atomic mass is 19.4. The zero-order valence-corrected chi connectivity index (χ0v) is 16.0. The van der Waals surface area contributed by atoms with Gasteiger partial charge in [-0.15, -0.1) is 0 Å². The largest absolute Gasteiger partial charge is 0.416 e. The van der Waals surface area contributed by atoms with Gasteiger partial charge in [-0.1, -0.05) is 24.3 Å². The predicted octanol–water partition coefficient (Wildman–Crippen LogP) is 2.14. The third kappa shape index (κ3) is 5.37. The van der Waals surface area contributed by atoms with Crippen LogP contribution in [0.15, 0.2) is 48.5 Å². The van der Waals surface area contributed by atoms with Crippen molar-refractivity contribution >= 4 is 17.7 Å². The molecule has 3 amide bonds. The fourth-order valence-corrected chi connectivity index (χ4v) is 3.13. The fraction of sp³-hybridized carbons (Fsp3) is 0.286. The second kappa shape index (κ2) is 8.98. The van der Waals surface area contributed by atoms with E-state index in [0.717, 1.165) is 36.2 Å². The van der Waals surface area contributed by atoms with Crippen LogP contribution < -0.4 is 10.6 Å². The lowest BCUT2D eigenvalue weighted by atomic mass is 10.00. The summed E-state index contributed by atoms with van der Waals surface area (Å²) in [5, 5.41) is 4.76. The minimum absolute atomic E-state index is 0.00106. The smallest absolute Gasteiger partial charge is 0.345 e. The molecule has 1 heterocycles. The second-order valence-corrected chi connectivity index (χ2v) is 6.87. The number of carbonyl (C=O) groups excluding carboxylic acids is 3. The van der Waals surface area contributed by atoms with Crippen LogP contribution in [0, 0.1) is 0 Å². The Morgan fingerprint density at radius 1 is 0.900 bits per heavy atom. The highest BCUT2D eigenvalue weighted by molar-refractivity contribution is 5.96. The van der Waals surface area contributed by atoms with Crippen molar-refractivity contribution in [1.29, 1.82) is 0 Å². The van der Waals surface area contributed by atoms with E-state index in [1.165, 1.54) is 5.56 Å². The van der Waals surface area contributed by atoms with Crippen LogP contribution >= 0.6 is 0 Å². The van der Waals surface area contributed by atoms with Gasteiger partial charge >= 0.3 is 6.18 Å². The van der Waals surface area contributed by atoms with Gasteiger partial charge < -0.3 is 15.5 Å². The van der Waals surface area contributed by atoms with Gasteiger partial charge in [0.25, 0.3) is 5.91 Å². The summed E-state index contributed by atoms with van der Waals surface area (Å²) in [7, 11) is 0. The summed E-state index contributed by atoms with van der Waals surface area (Å²) in [6.07, 6.45) is -3.74. The first kappa shape index (κ1) is 21.4. The predicted molar refractivity (Wildman–Crippen MR) is 102 cm³/mol. The summed E-state index contributed by atoms with van der Waals surface area (Å²) in [6, 6.07) is 11.5. The van der Waals surface area contributed by atoms with Crippen molar-refractivity contribution in [3.63, 3.8) is 0 Å². The lowest BCUT2D eigenvalue weighted by Crippen LogP contribution is -2.44. The molecule has 0 bridgehead atoms. The van der Waals surface area contributed by atoms with Crippen molar-refractivity contribution in [2.24, 2.45) is 0 Å². The Kier molecular flexibility index (Phi) is 6.39. The van der Waals surface area contributed by atoms with Gasteiger partial charge in [-0.2, -0.15) is 13.2 Å². The SMILES string of the molecule is O=C(CNC(=O)c1ccc(C(F)(F)F)cc1)NCC(=O)N1CCc2ccccc2C1. The van der Waals surface area contributed by atoms with Crippen molar-refractivity contribution in [2.45, 2.75) is 19.1 Å². The monoisotopic (exact) mass is 419 g/mol. The summed E-state index contributed by atoms with van der Waals surface area (Å²) >= 11 is 0. The zero-order valence-electron chi connectivity index (χ0n) is 16.0. The van der Waals surface area contributed by atoms with Gasteiger partial charge in [-0.25, -0.2) is 0 Å². The number of amides is 3. The van der Waals surface area contributed by atoms with Crippen molar-refractivity contribution in [1.82, 2.24) is 15.5 Å². The first-order chi connectivity index (χ1) is 14.2. The molecule has 1 aliphatic rings. The van der Waals surface area contributed by atoms with Crippen LogP contribution in [0.1, 0.15) is 27.0 Å². The molecule has 30 heavy (non-hydrogen) atoms. The molecule has 0 aromatic heterocycles. The molecule has 1 aliphatic heterocycles. The Morgan fingerprint density at radius 2 is 1.57 bits per heavy atom. The van der Waals surface area contributed by atoms with E-state index in [0.29, 0.717) is 13.1 Å². The Labute approximate surface area is 171 Å². The number of carbonyl (C=O) groups is 3.